The zero-order valence-corrected chi connectivity index (χ0v) is 11.7. The van der Waals surface area contributed by atoms with Crippen LogP contribution in [0.2, 0.25) is 0 Å². The van der Waals surface area contributed by atoms with Gasteiger partial charge in [-0.25, -0.2) is 9.78 Å². The number of carbonyl (C=O) groups is 1. The summed E-state index contributed by atoms with van der Waals surface area (Å²) < 4.78 is 11.3. The Morgan fingerprint density at radius 3 is 2.89 bits per heavy atom. The maximum absolute atomic E-state index is 10.8. The van der Waals surface area contributed by atoms with Crippen LogP contribution in [0.4, 0.5) is 0 Å². The maximum atomic E-state index is 10.8. The summed E-state index contributed by atoms with van der Waals surface area (Å²) in [7, 11) is 0. The quantitative estimate of drug-likeness (QED) is 0.776. The lowest BCUT2D eigenvalue weighted by atomic mass is 10.3. The molecule has 0 aliphatic rings. The van der Waals surface area contributed by atoms with E-state index in [0.717, 1.165) is 4.47 Å². The molecule has 3 rings (SSSR count). The fourth-order valence-electron chi connectivity index (χ4n) is 1.52. The monoisotopic (exact) mass is 339 g/mol. The number of thiazole rings is 1. The van der Waals surface area contributed by atoms with Crippen molar-refractivity contribution in [2.24, 2.45) is 0 Å². The molecule has 1 N–H and O–H groups in total. The summed E-state index contributed by atoms with van der Waals surface area (Å²) in [6.07, 6.45) is 2.76. The molecule has 0 bridgehead atoms. The van der Waals surface area contributed by atoms with Gasteiger partial charge in [0.1, 0.15) is 12.0 Å². The molecule has 0 fully saturated rings. The summed E-state index contributed by atoms with van der Waals surface area (Å²) in [4.78, 5) is 15.1. The Labute approximate surface area is 119 Å². The fraction of sp³-hybridized carbons (Fsp3) is 0. The highest BCUT2D eigenvalue weighted by Gasteiger charge is 2.15. The smallest absolute Gasteiger partial charge is 0.338 e. The van der Waals surface area contributed by atoms with Crippen molar-refractivity contribution in [2.45, 2.75) is 0 Å². The van der Waals surface area contributed by atoms with Crippen LogP contribution in [0.5, 0.6) is 0 Å². The van der Waals surface area contributed by atoms with E-state index >= 15 is 0 Å². The van der Waals surface area contributed by atoms with Crippen LogP contribution < -0.4 is 0 Å². The minimum atomic E-state index is -1.03. The number of nitrogens with zero attached hydrogens (tertiary/aromatic N) is 1. The Kier molecular flexibility index (Phi) is 3.00. The lowest BCUT2D eigenvalue weighted by molar-refractivity contribution is 0.0696. The number of rotatable bonds is 3. The summed E-state index contributed by atoms with van der Waals surface area (Å²) in [6, 6.07) is 3.23. The van der Waals surface area contributed by atoms with Crippen LogP contribution in [0.3, 0.4) is 0 Å². The molecule has 96 valence electrons. The van der Waals surface area contributed by atoms with Crippen LogP contribution in [0.15, 0.2) is 43.3 Å². The molecule has 0 aliphatic carbocycles. The number of halogens is 1. The Hall–Kier alpha value is -1.86. The Bertz CT molecular complexity index is 742. The number of aromatic nitrogens is 1. The molecule has 0 spiro atoms. The molecule has 0 aromatic carbocycles. The predicted molar refractivity (Wildman–Crippen MR) is 72.2 cm³/mol. The van der Waals surface area contributed by atoms with E-state index in [0.29, 0.717) is 22.2 Å². The largest absolute Gasteiger partial charge is 0.478 e. The van der Waals surface area contributed by atoms with Crippen molar-refractivity contribution in [1.82, 2.24) is 4.98 Å². The average Bonchev–Trinajstić information content (AvgIpc) is 3.07. The van der Waals surface area contributed by atoms with E-state index in [1.54, 1.807) is 17.7 Å². The Morgan fingerprint density at radius 2 is 2.26 bits per heavy atom. The van der Waals surface area contributed by atoms with Crippen molar-refractivity contribution < 1.29 is 18.7 Å². The van der Waals surface area contributed by atoms with E-state index in [1.807, 2.05) is 0 Å². The third-order valence-electron chi connectivity index (χ3n) is 2.41. The van der Waals surface area contributed by atoms with E-state index in [2.05, 4.69) is 20.9 Å². The molecule has 3 aromatic rings. The van der Waals surface area contributed by atoms with Gasteiger partial charge in [-0.3, -0.25) is 0 Å². The van der Waals surface area contributed by atoms with Crippen LogP contribution in [-0.2, 0) is 0 Å². The molecule has 3 aromatic heterocycles. The number of hydrogen-bond donors (Lipinski definition) is 1. The van der Waals surface area contributed by atoms with E-state index in [9.17, 15) is 4.79 Å². The minimum Gasteiger partial charge on any atom is -0.478 e. The molecule has 5 nitrogen and oxygen atoms in total. The molecule has 0 saturated carbocycles. The second kappa shape index (κ2) is 4.67. The Morgan fingerprint density at radius 1 is 1.42 bits per heavy atom. The molecule has 0 atom stereocenters. The predicted octanol–water partition coefficient (Wildman–Crippen LogP) is 4.12. The molecule has 0 radical (unpaired) electrons. The number of furan rings is 2. The minimum absolute atomic E-state index is 0.101. The van der Waals surface area contributed by atoms with Crippen molar-refractivity contribution in [1.29, 1.82) is 0 Å². The molecule has 7 heteroatoms. The molecule has 3 heterocycles. The zero-order valence-electron chi connectivity index (χ0n) is 9.29. The van der Waals surface area contributed by atoms with Crippen LogP contribution in [0.25, 0.3) is 22.2 Å². The van der Waals surface area contributed by atoms with E-state index in [-0.39, 0.29) is 5.56 Å². The van der Waals surface area contributed by atoms with Crippen molar-refractivity contribution in [2.75, 3.05) is 0 Å². The van der Waals surface area contributed by atoms with E-state index in [4.69, 9.17) is 13.9 Å². The van der Waals surface area contributed by atoms with Gasteiger partial charge < -0.3 is 13.9 Å². The van der Waals surface area contributed by atoms with Crippen molar-refractivity contribution in [3.05, 3.63) is 40.1 Å². The fourth-order valence-corrected chi connectivity index (χ4v) is 2.85. The number of hydrogen-bond acceptors (Lipinski definition) is 5. The molecular weight excluding hydrogens is 334 g/mol. The summed E-state index contributed by atoms with van der Waals surface area (Å²) in [5.74, 6) is 0.0306. The van der Waals surface area contributed by atoms with Crippen molar-refractivity contribution >= 4 is 33.2 Å². The van der Waals surface area contributed by atoms with Gasteiger partial charge in [-0.15, -0.1) is 11.3 Å². The lowest BCUT2D eigenvalue weighted by Crippen LogP contribution is -1.91. The lowest BCUT2D eigenvalue weighted by Gasteiger charge is -1.90. The highest BCUT2D eigenvalue weighted by atomic mass is 79.9. The van der Waals surface area contributed by atoms with Gasteiger partial charge in [-0.1, -0.05) is 0 Å². The zero-order chi connectivity index (χ0) is 13.4. The van der Waals surface area contributed by atoms with Crippen LogP contribution >= 0.6 is 27.3 Å². The second-order valence-corrected chi connectivity index (χ2v) is 5.35. The first-order valence-corrected chi connectivity index (χ1v) is 6.83. The second-order valence-electron chi connectivity index (χ2n) is 3.64. The van der Waals surface area contributed by atoms with Gasteiger partial charge >= 0.3 is 5.97 Å². The van der Waals surface area contributed by atoms with Gasteiger partial charge in [0, 0.05) is 11.4 Å². The van der Waals surface area contributed by atoms with Crippen molar-refractivity contribution in [3.8, 4) is 22.2 Å². The number of aromatic carboxylic acids is 1. The van der Waals surface area contributed by atoms with Gasteiger partial charge in [-0.2, -0.15) is 0 Å². The van der Waals surface area contributed by atoms with Gasteiger partial charge in [0.15, 0.2) is 16.5 Å². The molecule has 0 unspecified atom stereocenters. The van der Waals surface area contributed by atoms with Gasteiger partial charge in [0.25, 0.3) is 0 Å². The van der Waals surface area contributed by atoms with Crippen molar-refractivity contribution in [3.63, 3.8) is 0 Å². The number of carboxylic acid groups (broad SMARTS) is 1. The maximum Gasteiger partial charge on any atom is 0.338 e. The van der Waals surface area contributed by atoms with Crippen LogP contribution in [0.1, 0.15) is 10.4 Å². The first-order chi connectivity index (χ1) is 9.15. The molecule has 0 amide bonds. The summed E-state index contributed by atoms with van der Waals surface area (Å²) in [5, 5.41) is 11.3. The SMILES string of the molecule is O=C(O)c1coc(-c2csc(-c3occc3Br)n2)c1. The van der Waals surface area contributed by atoms with Gasteiger partial charge in [0.05, 0.1) is 16.3 Å². The van der Waals surface area contributed by atoms with Crippen LogP contribution in [0, 0.1) is 0 Å². The first kappa shape index (κ1) is 12.2. The highest BCUT2D eigenvalue weighted by molar-refractivity contribution is 9.10. The highest BCUT2D eigenvalue weighted by Crippen LogP contribution is 2.34. The topological polar surface area (TPSA) is 76.5 Å². The summed E-state index contributed by atoms with van der Waals surface area (Å²) >= 11 is 4.76. The standard InChI is InChI=1S/C12H6BrNO4S/c13-7-1-2-17-10(7)11-14-8(5-19-11)9-3-6(4-18-9)12(15)16/h1-5H,(H,15,16). The van der Waals surface area contributed by atoms with E-state index < -0.39 is 5.97 Å². The third-order valence-corrected chi connectivity index (χ3v) is 3.88. The average molecular weight is 340 g/mol. The number of carboxylic acids is 1. The summed E-state index contributed by atoms with van der Waals surface area (Å²) in [6.45, 7) is 0. The first-order valence-electron chi connectivity index (χ1n) is 5.16. The Balaban J connectivity index is 1.97. The van der Waals surface area contributed by atoms with Gasteiger partial charge in [0.2, 0.25) is 0 Å². The van der Waals surface area contributed by atoms with Gasteiger partial charge in [-0.05, 0) is 22.0 Å². The molecule has 19 heavy (non-hydrogen) atoms. The molecule has 0 aliphatic heterocycles. The normalized spacial score (nSPS) is 10.8. The van der Waals surface area contributed by atoms with Crippen LogP contribution in [-0.4, -0.2) is 16.1 Å². The molecule has 0 saturated heterocycles. The summed E-state index contributed by atoms with van der Waals surface area (Å²) in [5.41, 5.74) is 0.680. The molecular formula is C12H6BrNO4S. The third kappa shape index (κ3) is 2.22. The van der Waals surface area contributed by atoms with E-state index in [1.165, 1.54) is 23.7 Å².